The summed E-state index contributed by atoms with van der Waals surface area (Å²) in [6.45, 7) is 4.03. The summed E-state index contributed by atoms with van der Waals surface area (Å²) in [6, 6.07) is 15.9. The first-order valence-electron chi connectivity index (χ1n) is 12.8. The van der Waals surface area contributed by atoms with Gasteiger partial charge in [0, 0.05) is 54.1 Å². The summed E-state index contributed by atoms with van der Waals surface area (Å²) in [4.78, 5) is 40.9. The Kier molecular flexibility index (Phi) is 8.60. The summed E-state index contributed by atoms with van der Waals surface area (Å²) in [5.41, 5.74) is 4.58. The number of nitrogens with zero attached hydrogens (tertiary/aromatic N) is 2. The Hall–Kier alpha value is -4.66. The topological polar surface area (TPSA) is 123 Å². The van der Waals surface area contributed by atoms with Crippen LogP contribution in [0.3, 0.4) is 0 Å². The van der Waals surface area contributed by atoms with Gasteiger partial charge in [0.25, 0.3) is 5.91 Å². The van der Waals surface area contributed by atoms with Gasteiger partial charge in [-0.15, -0.1) is 0 Å². The van der Waals surface area contributed by atoms with Gasteiger partial charge in [-0.1, -0.05) is 24.3 Å². The van der Waals surface area contributed by atoms with Gasteiger partial charge in [0.2, 0.25) is 11.8 Å². The molecule has 1 atom stereocenters. The molecule has 0 aliphatic carbocycles. The van der Waals surface area contributed by atoms with Crippen LogP contribution in [0.1, 0.15) is 52.9 Å². The Morgan fingerprint density at radius 3 is 2.64 bits per heavy atom. The molecule has 9 nitrogen and oxygen atoms in total. The van der Waals surface area contributed by atoms with Crippen LogP contribution in [0.2, 0.25) is 0 Å². The minimum atomic E-state index is -0.861. The summed E-state index contributed by atoms with van der Waals surface area (Å²) in [7, 11) is 1.58. The number of hydrogen-bond acceptors (Lipinski definition) is 5. The molecule has 1 unspecified atom stereocenters. The lowest BCUT2D eigenvalue weighted by atomic mass is 10.0. The lowest BCUT2D eigenvalue weighted by molar-refractivity contribution is -0.137. The van der Waals surface area contributed by atoms with Crippen LogP contribution in [-0.4, -0.2) is 39.5 Å². The van der Waals surface area contributed by atoms with Crippen molar-refractivity contribution in [1.29, 1.82) is 0 Å². The lowest BCUT2D eigenvalue weighted by Crippen LogP contribution is -2.24. The SMILES string of the molecule is CNC(=O)c1ccc2c(C)cn(C(C)C(=O)Nc3cc(COc4ccccn4)ccc3CCCC(=O)O)c2c1. The Morgan fingerprint density at radius 2 is 1.92 bits per heavy atom. The van der Waals surface area contributed by atoms with E-state index < -0.39 is 12.0 Å². The lowest BCUT2D eigenvalue weighted by Gasteiger charge is -2.18. The van der Waals surface area contributed by atoms with Gasteiger partial charge >= 0.3 is 5.97 Å². The highest BCUT2D eigenvalue weighted by Crippen LogP contribution is 2.28. The molecule has 2 amide bonds. The van der Waals surface area contributed by atoms with Crippen LogP contribution < -0.4 is 15.4 Å². The molecule has 0 radical (unpaired) electrons. The van der Waals surface area contributed by atoms with Gasteiger partial charge in [-0.05, 0) is 67.6 Å². The van der Waals surface area contributed by atoms with E-state index in [1.807, 2.05) is 54.1 Å². The molecule has 2 heterocycles. The predicted molar refractivity (Wildman–Crippen MR) is 149 cm³/mol. The number of anilines is 1. The summed E-state index contributed by atoms with van der Waals surface area (Å²) < 4.78 is 7.64. The molecular formula is C30H32N4O5. The predicted octanol–water partition coefficient (Wildman–Crippen LogP) is 4.89. The third-order valence-electron chi connectivity index (χ3n) is 6.61. The number of fused-ring (bicyclic) bond motifs is 1. The molecule has 9 heteroatoms. The van der Waals surface area contributed by atoms with Gasteiger partial charge in [-0.2, -0.15) is 0 Å². The Morgan fingerprint density at radius 1 is 1.10 bits per heavy atom. The van der Waals surface area contributed by atoms with E-state index in [0.29, 0.717) is 30.0 Å². The minimum absolute atomic E-state index is 0.0383. The summed E-state index contributed by atoms with van der Waals surface area (Å²) in [5, 5.41) is 15.7. The molecule has 0 bridgehead atoms. The molecule has 0 spiro atoms. The fourth-order valence-corrected chi connectivity index (χ4v) is 4.46. The van der Waals surface area contributed by atoms with Crippen molar-refractivity contribution >= 4 is 34.4 Å². The first-order chi connectivity index (χ1) is 18.8. The molecule has 2 aromatic heterocycles. The van der Waals surface area contributed by atoms with Crippen molar-refractivity contribution in [3.63, 3.8) is 0 Å². The first-order valence-corrected chi connectivity index (χ1v) is 12.8. The second kappa shape index (κ2) is 12.3. The monoisotopic (exact) mass is 528 g/mol. The maximum atomic E-state index is 13.5. The van der Waals surface area contributed by atoms with Crippen LogP contribution in [0.15, 0.2) is 67.0 Å². The van der Waals surface area contributed by atoms with Gasteiger partial charge in [0.1, 0.15) is 12.6 Å². The maximum Gasteiger partial charge on any atom is 0.303 e. The molecule has 0 fully saturated rings. The van der Waals surface area contributed by atoms with E-state index in [2.05, 4.69) is 15.6 Å². The summed E-state index contributed by atoms with van der Waals surface area (Å²) in [6.07, 6.45) is 4.54. The molecule has 0 aliphatic rings. The molecular weight excluding hydrogens is 496 g/mol. The molecule has 202 valence electrons. The fraction of sp³-hybridized carbons (Fsp3) is 0.267. The molecule has 4 rings (SSSR count). The van der Waals surface area contributed by atoms with Crippen LogP contribution in [-0.2, 0) is 22.6 Å². The second-order valence-electron chi connectivity index (χ2n) is 9.39. The average Bonchev–Trinajstić information content (AvgIpc) is 3.27. The number of amides is 2. The van der Waals surface area contributed by atoms with E-state index in [0.717, 1.165) is 27.6 Å². The number of ether oxygens (including phenoxy) is 1. The number of aryl methyl sites for hydroxylation is 2. The molecule has 0 aliphatic heterocycles. The normalized spacial score (nSPS) is 11.7. The Balaban J connectivity index is 1.59. The van der Waals surface area contributed by atoms with Crippen molar-refractivity contribution in [2.45, 2.75) is 45.8 Å². The van der Waals surface area contributed by atoms with E-state index in [9.17, 15) is 14.4 Å². The fourth-order valence-electron chi connectivity index (χ4n) is 4.46. The molecule has 39 heavy (non-hydrogen) atoms. The average molecular weight is 529 g/mol. The summed E-state index contributed by atoms with van der Waals surface area (Å²) in [5.74, 6) is -0.802. The number of carbonyl (C=O) groups excluding carboxylic acids is 2. The number of carbonyl (C=O) groups is 3. The van der Waals surface area contributed by atoms with E-state index in [4.69, 9.17) is 9.84 Å². The van der Waals surface area contributed by atoms with Gasteiger partial charge in [0.05, 0.1) is 0 Å². The first kappa shape index (κ1) is 27.4. The van der Waals surface area contributed by atoms with Crippen LogP contribution in [0, 0.1) is 6.92 Å². The van der Waals surface area contributed by atoms with Crippen molar-refractivity contribution in [2.75, 3.05) is 12.4 Å². The minimum Gasteiger partial charge on any atom is -0.481 e. The zero-order valence-electron chi connectivity index (χ0n) is 22.2. The molecule has 3 N–H and O–H groups in total. The second-order valence-corrected chi connectivity index (χ2v) is 9.39. The molecule has 0 saturated carbocycles. The summed E-state index contributed by atoms with van der Waals surface area (Å²) >= 11 is 0. The number of carboxylic acid groups (broad SMARTS) is 1. The van der Waals surface area contributed by atoms with Crippen molar-refractivity contribution in [3.8, 4) is 5.88 Å². The highest BCUT2D eigenvalue weighted by Gasteiger charge is 2.20. The molecule has 2 aromatic carbocycles. The van der Waals surface area contributed by atoms with Gasteiger partial charge in [0.15, 0.2) is 0 Å². The molecule has 0 saturated heterocycles. The zero-order chi connectivity index (χ0) is 27.9. The van der Waals surface area contributed by atoms with Crippen LogP contribution in [0.4, 0.5) is 5.69 Å². The Bertz CT molecular complexity index is 1500. The maximum absolute atomic E-state index is 13.5. The standard InChI is InChI=1S/C30H32N4O5/c1-19-17-34(26-16-23(30(38)31-3)12-13-24(19)26)20(2)29(37)33-25-15-21(18-39-27-8-4-5-14-32-27)10-11-22(25)7-6-9-28(35)36/h4-5,8,10-17,20H,6-7,9,18H2,1-3H3,(H,31,38)(H,33,37)(H,35,36). The zero-order valence-corrected chi connectivity index (χ0v) is 22.2. The largest absolute Gasteiger partial charge is 0.481 e. The third kappa shape index (κ3) is 6.62. The van der Waals surface area contributed by atoms with Gasteiger partial charge in [-0.3, -0.25) is 14.4 Å². The number of pyridine rings is 1. The highest BCUT2D eigenvalue weighted by atomic mass is 16.5. The van der Waals surface area contributed by atoms with Crippen LogP contribution in [0.5, 0.6) is 5.88 Å². The van der Waals surface area contributed by atoms with Crippen molar-refractivity contribution in [1.82, 2.24) is 14.9 Å². The number of aliphatic carboxylic acids is 1. The highest BCUT2D eigenvalue weighted by molar-refractivity contribution is 6.00. The van der Waals surface area contributed by atoms with E-state index in [1.54, 1.807) is 38.4 Å². The number of benzene rings is 2. The van der Waals surface area contributed by atoms with E-state index >= 15 is 0 Å². The third-order valence-corrected chi connectivity index (χ3v) is 6.61. The number of aromatic nitrogens is 2. The number of hydrogen-bond donors (Lipinski definition) is 3. The van der Waals surface area contributed by atoms with Gasteiger partial charge < -0.3 is 25.0 Å². The van der Waals surface area contributed by atoms with Gasteiger partial charge in [-0.25, -0.2) is 4.98 Å². The van der Waals surface area contributed by atoms with Crippen molar-refractivity contribution in [2.24, 2.45) is 0 Å². The van der Waals surface area contributed by atoms with E-state index in [1.165, 1.54) is 0 Å². The van der Waals surface area contributed by atoms with E-state index in [-0.39, 0.29) is 24.8 Å². The quantitative estimate of drug-likeness (QED) is 0.255. The molecule has 4 aromatic rings. The van der Waals surface area contributed by atoms with Crippen molar-refractivity contribution < 1.29 is 24.2 Å². The number of carboxylic acids is 1. The van der Waals surface area contributed by atoms with Crippen LogP contribution >= 0.6 is 0 Å². The van der Waals surface area contributed by atoms with Crippen LogP contribution in [0.25, 0.3) is 10.9 Å². The van der Waals surface area contributed by atoms with Crippen molar-refractivity contribution in [3.05, 3.63) is 89.2 Å². The number of rotatable bonds is 11. The smallest absolute Gasteiger partial charge is 0.303 e. The Labute approximate surface area is 226 Å². The number of nitrogens with one attached hydrogen (secondary N) is 2.